The molecule has 0 aromatic heterocycles. The molecule has 2 aromatic rings. The highest BCUT2D eigenvalue weighted by Crippen LogP contribution is 2.27. The van der Waals surface area contributed by atoms with Gasteiger partial charge in [0.2, 0.25) is 0 Å². The van der Waals surface area contributed by atoms with Gasteiger partial charge in [0, 0.05) is 12.6 Å². The summed E-state index contributed by atoms with van der Waals surface area (Å²) in [5.74, 6) is 0.615. The number of aliphatic hydroxyl groups excluding tert-OH is 1. The molecular weight excluding hydrogens is 364 g/mol. The van der Waals surface area contributed by atoms with Gasteiger partial charge in [-0.25, -0.2) is 4.79 Å². The molecular formula is C21H27ClN2O3. The van der Waals surface area contributed by atoms with E-state index < -0.39 is 6.10 Å². The van der Waals surface area contributed by atoms with Gasteiger partial charge in [0.25, 0.3) is 0 Å². The van der Waals surface area contributed by atoms with Crippen molar-refractivity contribution in [2.45, 2.75) is 26.9 Å². The number of ether oxygens (including phenoxy) is 1. The molecule has 6 heteroatoms. The van der Waals surface area contributed by atoms with Crippen molar-refractivity contribution in [3.63, 3.8) is 0 Å². The molecule has 0 aliphatic rings. The number of carbonyl (C=O) groups excluding carboxylic acids is 1. The molecule has 0 aliphatic heterocycles. The number of nitrogens with zero attached hydrogens (tertiary/aromatic N) is 1. The Labute approximate surface area is 165 Å². The zero-order valence-electron chi connectivity index (χ0n) is 16.2. The highest BCUT2D eigenvalue weighted by Gasteiger charge is 2.24. The molecule has 2 rings (SSSR count). The Bertz CT molecular complexity index is 760. The maximum absolute atomic E-state index is 12.9. The van der Waals surface area contributed by atoms with E-state index in [0.29, 0.717) is 23.0 Å². The zero-order chi connectivity index (χ0) is 20.0. The van der Waals surface area contributed by atoms with Crippen LogP contribution in [-0.2, 0) is 0 Å². The van der Waals surface area contributed by atoms with Gasteiger partial charge in [-0.05, 0) is 23.1 Å². The first-order valence-corrected chi connectivity index (χ1v) is 9.20. The maximum atomic E-state index is 12.9. The molecule has 0 fully saturated rings. The average molecular weight is 391 g/mol. The molecule has 0 heterocycles. The second-order valence-corrected chi connectivity index (χ2v) is 8.05. The van der Waals surface area contributed by atoms with Gasteiger partial charge in [-0.15, -0.1) is 0 Å². The molecule has 146 valence electrons. The Morgan fingerprint density at radius 3 is 2.44 bits per heavy atom. The van der Waals surface area contributed by atoms with E-state index in [4.69, 9.17) is 16.3 Å². The van der Waals surface area contributed by atoms with Crippen LogP contribution in [0.3, 0.4) is 0 Å². The molecule has 2 aromatic carbocycles. The first-order valence-electron chi connectivity index (χ1n) is 8.82. The molecule has 27 heavy (non-hydrogen) atoms. The summed E-state index contributed by atoms with van der Waals surface area (Å²) in [6.07, 6.45) is -0.773. The maximum Gasteiger partial charge on any atom is 0.322 e. The summed E-state index contributed by atoms with van der Waals surface area (Å²) in [4.78, 5) is 14.5. The molecule has 1 atom stereocenters. The van der Waals surface area contributed by atoms with Crippen molar-refractivity contribution in [1.29, 1.82) is 0 Å². The van der Waals surface area contributed by atoms with Crippen molar-refractivity contribution in [3.8, 4) is 5.75 Å². The van der Waals surface area contributed by atoms with Crippen molar-refractivity contribution in [2.24, 2.45) is 5.41 Å². The second kappa shape index (κ2) is 9.11. The van der Waals surface area contributed by atoms with E-state index in [1.54, 1.807) is 30.2 Å². The Hall–Kier alpha value is -2.24. The highest BCUT2D eigenvalue weighted by atomic mass is 35.5. The predicted molar refractivity (Wildman–Crippen MR) is 109 cm³/mol. The quantitative estimate of drug-likeness (QED) is 0.732. The smallest absolute Gasteiger partial charge is 0.322 e. The molecule has 0 saturated heterocycles. The van der Waals surface area contributed by atoms with Gasteiger partial charge in [-0.2, -0.15) is 0 Å². The van der Waals surface area contributed by atoms with Crippen LogP contribution in [0.4, 0.5) is 10.5 Å². The Balaban J connectivity index is 2.16. The van der Waals surface area contributed by atoms with Crippen molar-refractivity contribution < 1.29 is 14.6 Å². The number of hydrogen-bond donors (Lipinski definition) is 2. The predicted octanol–water partition coefficient (Wildman–Crippen LogP) is 4.96. The first kappa shape index (κ1) is 21.1. The van der Waals surface area contributed by atoms with E-state index in [1.165, 1.54) is 0 Å². The Morgan fingerprint density at radius 2 is 1.89 bits per heavy atom. The van der Waals surface area contributed by atoms with E-state index >= 15 is 0 Å². The van der Waals surface area contributed by atoms with Gasteiger partial charge >= 0.3 is 6.03 Å². The topological polar surface area (TPSA) is 61.8 Å². The second-order valence-electron chi connectivity index (χ2n) is 7.64. The molecule has 0 bridgehead atoms. The number of nitrogens with one attached hydrogen (secondary N) is 1. The lowest BCUT2D eigenvalue weighted by atomic mass is 9.95. The minimum atomic E-state index is -0.773. The minimum Gasteiger partial charge on any atom is -0.497 e. The van der Waals surface area contributed by atoms with E-state index in [1.807, 2.05) is 51.1 Å². The van der Waals surface area contributed by atoms with E-state index in [-0.39, 0.29) is 18.0 Å². The lowest BCUT2D eigenvalue weighted by molar-refractivity contribution is 0.110. The van der Waals surface area contributed by atoms with Crippen LogP contribution in [0.25, 0.3) is 0 Å². The normalized spacial score (nSPS) is 12.4. The molecule has 0 saturated carbocycles. The lowest BCUT2D eigenvalue weighted by Gasteiger charge is -2.32. The summed E-state index contributed by atoms with van der Waals surface area (Å²) < 4.78 is 5.13. The van der Waals surface area contributed by atoms with Gasteiger partial charge in [-0.3, -0.25) is 0 Å². The summed E-state index contributed by atoms with van der Waals surface area (Å²) in [6, 6.07) is 14.1. The van der Waals surface area contributed by atoms with Gasteiger partial charge in [0.05, 0.1) is 30.5 Å². The molecule has 0 spiro atoms. The zero-order valence-corrected chi connectivity index (χ0v) is 17.0. The fraction of sp³-hybridized carbons (Fsp3) is 0.381. The average Bonchev–Trinajstić information content (AvgIpc) is 2.62. The Kier molecular flexibility index (Phi) is 7.11. The number of urea groups is 1. The van der Waals surface area contributed by atoms with Crippen LogP contribution < -0.4 is 10.1 Å². The van der Waals surface area contributed by atoms with Gasteiger partial charge in [-0.1, -0.05) is 62.7 Å². The van der Waals surface area contributed by atoms with Crippen LogP contribution in [0.5, 0.6) is 5.75 Å². The molecule has 2 N–H and O–H groups in total. The third kappa shape index (κ3) is 6.45. The SMILES string of the molecule is COc1ccc(NC(=O)N(C[C@@H](O)c2ccccc2)CC(C)(C)C)c(Cl)c1. The van der Waals surface area contributed by atoms with Gasteiger partial charge < -0.3 is 20.1 Å². The highest BCUT2D eigenvalue weighted by molar-refractivity contribution is 6.33. The molecule has 0 unspecified atom stereocenters. The Morgan fingerprint density at radius 1 is 1.22 bits per heavy atom. The third-order valence-electron chi connectivity index (χ3n) is 3.95. The number of anilines is 1. The van der Waals surface area contributed by atoms with E-state index in [2.05, 4.69) is 5.32 Å². The standard InChI is InChI=1S/C21H27ClN2O3/c1-21(2,3)14-24(13-19(25)15-8-6-5-7-9-15)20(26)23-18-11-10-16(27-4)12-17(18)22/h5-12,19,25H,13-14H2,1-4H3,(H,23,26)/t19-/m1/s1. The number of aliphatic hydroxyl groups is 1. The van der Waals surface area contributed by atoms with Crippen molar-refractivity contribution >= 4 is 23.3 Å². The van der Waals surface area contributed by atoms with Crippen LogP contribution in [0.15, 0.2) is 48.5 Å². The number of amides is 2. The summed E-state index contributed by atoms with van der Waals surface area (Å²) in [5.41, 5.74) is 1.14. The fourth-order valence-corrected chi connectivity index (χ4v) is 2.92. The van der Waals surface area contributed by atoms with Crippen LogP contribution in [0.2, 0.25) is 5.02 Å². The number of methoxy groups -OCH3 is 1. The molecule has 0 radical (unpaired) electrons. The van der Waals surface area contributed by atoms with Crippen molar-refractivity contribution in [2.75, 3.05) is 25.5 Å². The van der Waals surface area contributed by atoms with Gasteiger partial charge in [0.1, 0.15) is 5.75 Å². The first-order chi connectivity index (χ1) is 12.7. The van der Waals surface area contributed by atoms with E-state index in [9.17, 15) is 9.90 Å². The molecule has 2 amide bonds. The number of carbonyl (C=O) groups is 1. The molecule has 0 aliphatic carbocycles. The minimum absolute atomic E-state index is 0.128. The van der Waals surface area contributed by atoms with Crippen LogP contribution in [0.1, 0.15) is 32.4 Å². The van der Waals surface area contributed by atoms with Crippen LogP contribution in [0, 0.1) is 5.41 Å². The number of hydrogen-bond acceptors (Lipinski definition) is 3. The molecule has 5 nitrogen and oxygen atoms in total. The van der Waals surface area contributed by atoms with Crippen LogP contribution in [-0.4, -0.2) is 36.2 Å². The van der Waals surface area contributed by atoms with Gasteiger partial charge in [0.15, 0.2) is 0 Å². The summed E-state index contributed by atoms with van der Waals surface area (Å²) in [5, 5.41) is 13.8. The fourth-order valence-electron chi connectivity index (χ4n) is 2.70. The number of halogens is 1. The number of rotatable bonds is 6. The third-order valence-corrected chi connectivity index (χ3v) is 4.26. The number of benzene rings is 2. The summed E-state index contributed by atoms with van der Waals surface area (Å²) in [7, 11) is 1.56. The largest absolute Gasteiger partial charge is 0.497 e. The summed E-state index contributed by atoms with van der Waals surface area (Å²) in [6.45, 7) is 6.80. The van der Waals surface area contributed by atoms with Crippen molar-refractivity contribution in [1.82, 2.24) is 4.90 Å². The van der Waals surface area contributed by atoms with Crippen LogP contribution >= 0.6 is 11.6 Å². The summed E-state index contributed by atoms with van der Waals surface area (Å²) >= 11 is 6.23. The van der Waals surface area contributed by atoms with Crippen molar-refractivity contribution in [3.05, 3.63) is 59.1 Å². The van der Waals surface area contributed by atoms with E-state index in [0.717, 1.165) is 5.56 Å². The monoisotopic (exact) mass is 390 g/mol. The lowest BCUT2D eigenvalue weighted by Crippen LogP contribution is -2.42.